The molecule has 0 N–H and O–H groups in total. The molecule has 1 aromatic rings. The first-order valence-electron chi connectivity index (χ1n) is 6.33. The third kappa shape index (κ3) is 2.69. The van der Waals surface area contributed by atoms with Gasteiger partial charge in [-0.1, -0.05) is 19.9 Å². The third-order valence-electron chi connectivity index (χ3n) is 3.51. The van der Waals surface area contributed by atoms with Crippen LogP contribution in [0.5, 0.6) is 0 Å². The summed E-state index contributed by atoms with van der Waals surface area (Å²) in [5, 5.41) is 1.96. The van der Waals surface area contributed by atoms with Gasteiger partial charge in [-0.15, -0.1) is 11.3 Å². The average Bonchev–Trinajstić information content (AvgIpc) is 3.01. The minimum absolute atomic E-state index is 0.203. The van der Waals surface area contributed by atoms with Crippen LogP contribution in [0.25, 0.3) is 0 Å². The SMILES string of the molecule is CCN(CC)C1CCN(C(=O)c2cccs2)C1. The van der Waals surface area contributed by atoms with Crippen LogP contribution in [-0.4, -0.2) is 47.9 Å². The van der Waals surface area contributed by atoms with Crippen LogP contribution in [0.1, 0.15) is 29.9 Å². The first-order valence-corrected chi connectivity index (χ1v) is 7.21. The minimum atomic E-state index is 0.203. The van der Waals surface area contributed by atoms with Crippen molar-refractivity contribution in [2.24, 2.45) is 0 Å². The summed E-state index contributed by atoms with van der Waals surface area (Å²) in [4.78, 5) is 17.5. The van der Waals surface area contributed by atoms with Crippen molar-refractivity contribution in [1.82, 2.24) is 9.80 Å². The Morgan fingerprint density at radius 2 is 2.29 bits per heavy atom. The second kappa shape index (κ2) is 5.65. The zero-order chi connectivity index (χ0) is 12.3. The van der Waals surface area contributed by atoms with Gasteiger partial charge in [-0.25, -0.2) is 0 Å². The van der Waals surface area contributed by atoms with E-state index >= 15 is 0 Å². The van der Waals surface area contributed by atoms with Crippen molar-refractivity contribution in [1.29, 1.82) is 0 Å². The van der Waals surface area contributed by atoms with Crippen LogP contribution in [0.3, 0.4) is 0 Å². The van der Waals surface area contributed by atoms with E-state index in [1.807, 2.05) is 22.4 Å². The highest BCUT2D eigenvalue weighted by molar-refractivity contribution is 7.12. The second-order valence-electron chi connectivity index (χ2n) is 4.39. The standard InChI is InChI=1S/C13H20N2OS/c1-3-14(4-2)11-7-8-15(10-11)13(16)12-6-5-9-17-12/h5-6,9,11H,3-4,7-8,10H2,1-2H3. The lowest BCUT2D eigenvalue weighted by atomic mass is 10.2. The van der Waals surface area contributed by atoms with Crippen molar-refractivity contribution in [3.63, 3.8) is 0 Å². The Labute approximate surface area is 107 Å². The van der Waals surface area contributed by atoms with Crippen molar-refractivity contribution in [2.75, 3.05) is 26.2 Å². The van der Waals surface area contributed by atoms with Crippen LogP contribution in [0.15, 0.2) is 17.5 Å². The summed E-state index contributed by atoms with van der Waals surface area (Å²) in [6.07, 6.45) is 1.11. The van der Waals surface area contributed by atoms with Crippen molar-refractivity contribution < 1.29 is 4.79 Å². The number of carbonyl (C=O) groups excluding carboxylic acids is 1. The van der Waals surface area contributed by atoms with E-state index in [2.05, 4.69) is 18.7 Å². The van der Waals surface area contributed by atoms with Gasteiger partial charge in [0.1, 0.15) is 0 Å². The monoisotopic (exact) mass is 252 g/mol. The quantitative estimate of drug-likeness (QED) is 0.821. The van der Waals surface area contributed by atoms with Gasteiger partial charge in [-0.2, -0.15) is 0 Å². The molecule has 0 saturated carbocycles. The lowest BCUT2D eigenvalue weighted by Crippen LogP contribution is -2.38. The van der Waals surface area contributed by atoms with E-state index in [0.29, 0.717) is 6.04 Å². The van der Waals surface area contributed by atoms with E-state index in [0.717, 1.165) is 37.5 Å². The molecule has 1 saturated heterocycles. The molecule has 1 amide bonds. The highest BCUT2D eigenvalue weighted by Gasteiger charge is 2.29. The molecule has 1 unspecified atom stereocenters. The fraction of sp³-hybridized carbons (Fsp3) is 0.615. The highest BCUT2D eigenvalue weighted by Crippen LogP contribution is 2.19. The molecule has 2 heterocycles. The summed E-state index contributed by atoms with van der Waals surface area (Å²) in [6, 6.07) is 4.40. The predicted molar refractivity (Wildman–Crippen MR) is 71.5 cm³/mol. The largest absolute Gasteiger partial charge is 0.336 e. The summed E-state index contributed by atoms with van der Waals surface area (Å²) in [5.74, 6) is 0.203. The van der Waals surface area contributed by atoms with Crippen LogP contribution in [-0.2, 0) is 0 Å². The molecule has 1 fully saturated rings. The minimum Gasteiger partial charge on any atom is -0.336 e. The van der Waals surface area contributed by atoms with Crippen molar-refractivity contribution >= 4 is 17.2 Å². The van der Waals surface area contributed by atoms with E-state index in [1.54, 1.807) is 0 Å². The van der Waals surface area contributed by atoms with E-state index in [1.165, 1.54) is 11.3 Å². The molecular weight excluding hydrogens is 232 g/mol. The maximum Gasteiger partial charge on any atom is 0.263 e. The summed E-state index contributed by atoms with van der Waals surface area (Å²) in [7, 11) is 0. The predicted octanol–water partition coefficient (Wildman–Crippen LogP) is 2.30. The molecule has 1 atom stereocenters. The maximum absolute atomic E-state index is 12.2. The molecular formula is C13H20N2OS. The number of hydrogen-bond acceptors (Lipinski definition) is 3. The maximum atomic E-state index is 12.2. The average molecular weight is 252 g/mol. The molecule has 0 radical (unpaired) electrons. The number of nitrogens with zero attached hydrogens (tertiary/aromatic N) is 2. The van der Waals surface area contributed by atoms with Gasteiger partial charge in [-0.3, -0.25) is 9.69 Å². The number of rotatable bonds is 4. The summed E-state index contributed by atoms with van der Waals surface area (Å²) in [6.45, 7) is 8.31. The highest BCUT2D eigenvalue weighted by atomic mass is 32.1. The second-order valence-corrected chi connectivity index (χ2v) is 5.34. The fourth-order valence-electron chi connectivity index (χ4n) is 2.52. The summed E-state index contributed by atoms with van der Waals surface area (Å²) in [5.41, 5.74) is 0. The van der Waals surface area contributed by atoms with Crippen LogP contribution in [0.2, 0.25) is 0 Å². The van der Waals surface area contributed by atoms with Gasteiger partial charge in [0.05, 0.1) is 4.88 Å². The van der Waals surface area contributed by atoms with Crippen molar-refractivity contribution in [3.05, 3.63) is 22.4 Å². The van der Waals surface area contributed by atoms with Crippen LogP contribution in [0.4, 0.5) is 0 Å². The molecule has 4 heteroatoms. The Morgan fingerprint density at radius 1 is 1.53 bits per heavy atom. The van der Waals surface area contributed by atoms with Crippen LogP contribution >= 0.6 is 11.3 Å². The number of likely N-dealkylation sites (N-methyl/N-ethyl adjacent to an activating group) is 1. The zero-order valence-electron chi connectivity index (χ0n) is 10.6. The van der Waals surface area contributed by atoms with Crippen molar-refractivity contribution in [3.8, 4) is 0 Å². The summed E-state index contributed by atoms with van der Waals surface area (Å²) < 4.78 is 0. The van der Waals surface area contributed by atoms with Crippen LogP contribution in [0, 0.1) is 0 Å². The molecule has 3 nitrogen and oxygen atoms in total. The Morgan fingerprint density at radius 3 is 2.88 bits per heavy atom. The van der Waals surface area contributed by atoms with E-state index in [9.17, 15) is 4.79 Å². The van der Waals surface area contributed by atoms with E-state index in [4.69, 9.17) is 0 Å². The molecule has 0 bridgehead atoms. The number of amides is 1. The van der Waals surface area contributed by atoms with E-state index in [-0.39, 0.29) is 5.91 Å². The molecule has 1 aliphatic rings. The van der Waals surface area contributed by atoms with E-state index < -0.39 is 0 Å². The molecule has 2 rings (SSSR count). The number of hydrogen-bond donors (Lipinski definition) is 0. The molecule has 0 spiro atoms. The molecule has 0 aliphatic carbocycles. The van der Waals surface area contributed by atoms with Crippen molar-refractivity contribution in [2.45, 2.75) is 26.3 Å². The zero-order valence-corrected chi connectivity index (χ0v) is 11.4. The number of carbonyl (C=O) groups is 1. The number of likely N-dealkylation sites (tertiary alicyclic amines) is 1. The molecule has 1 aromatic heterocycles. The third-order valence-corrected chi connectivity index (χ3v) is 4.37. The smallest absolute Gasteiger partial charge is 0.263 e. The number of thiophene rings is 1. The molecule has 1 aliphatic heterocycles. The topological polar surface area (TPSA) is 23.6 Å². The van der Waals surface area contributed by atoms with Gasteiger partial charge in [0.2, 0.25) is 0 Å². The normalized spacial score (nSPS) is 20.2. The Bertz CT molecular complexity index is 360. The molecule has 94 valence electrons. The lowest BCUT2D eigenvalue weighted by molar-refractivity contribution is 0.0783. The van der Waals surface area contributed by atoms with Gasteiger partial charge < -0.3 is 4.90 Å². The van der Waals surface area contributed by atoms with Gasteiger partial charge in [0, 0.05) is 19.1 Å². The van der Waals surface area contributed by atoms with Crippen LogP contribution < -0.4 is 0 Å². The first kappa shape index (κ1) is 12.6. The molecule has 17 heavy (non-hydrogen) atoms. The Hall–Kier alpha value is -0.870. The summed E-state index contributed by atoms with van der Waals surface area (Å²) >= 11 is 1.53. The van der Waals surface area contributed by atoms with Gasteiger partial charge in [-0.05, 0) is 31.0 Å². The van der Waals surface area contributed by atoms with Gasteiger partial charge in [0.15, 0.2) is 0 Å². The van der Waals surface area contributed by atoms with Gasteiger partial charge >= 0.3 is 0 Å². The lowest BCUT2D eigenvalue weighted by Gasteiger charge is -2.26. The Balaban J connectivity index is 1.96. The van der Waals surface area contributed by atoms with Gasteiger partial charge in [0.25, 0.3) is 5.91 Å². The first-order chi connectivity index (χ1) is 8.26. The Kier molecular flexibility index (Phi) is 4.18. The molecule has 0 aromatic carbocycles. The fourth-order valence-corrected chi connectivity index (χ4v) is 3.21.